The standard InChI is InChI=1S/C20H13Cl2FN4O2S/c21-12-9-10-13(22)18(11-12)30(28,29)27-20-19(24-15-6-2-1-5-14(15)23)25-16-7-3-4-8-17(16)26-20/h1-11H,(H,24,25)(H,26,27). The van der Waals surface area contributed by atoms with E-state index in [0.29, 0.717) is 11.0 Å². The van der Waals surface area contributed by atoms with Gasteiger partial charge < -0.3 is 5.32 Å². The summed E-state index contributed by atoms with van der Waals surface area (Å²) < 4.78 is 42.4. The Balaban J connectivity index is 1.82. The smallest absolute Gasteiger partial charge is 0.264 e. The number of fused-ring (bicyclic) bond motifs is 1. The van der Waals surface area contributed by atoms with Crippen LogP contribution < -0.4 is 10.0 Å². The third kappa shape index (κ3) is 4.16. The molecule has 2 N–H and O–H groups in total. The molecule has 0 aliphatic carbocycles. The largest absolute Gasteiger partial charge is 0.335 e. The number of hydrogen-bond donors (Lipinski definition) is 2. The van der Waals surface area contributed by atoms with Crippen LogP contribution >= 0.6 is 23.2 Å². The van der Waals surface area contributed by atoms with Gasteiger partial charge >= 0.3 is 0 Å². The number of sulfonamides is 1. The highest BCUT2D eigenvalue weighted by atomic mass is 35.5. The maximum atomic E-state index is 14.1. The van der Waals surface area contributed by atoms with Crippen LogP contribution in [0, 0.1) is 5.82 Å². The van der Waals surface area contributed by atoms with E-state index in [1.165, 1.54) is 36.4 Å². The fourth-order valence-corrected chi connectivity index (χ4v) is 4.49. The molecule has 3 aromatic carbocycles. The molecule has 0 saturated heterocycles. The third-order valence-corrected chi connectivity index (χ3v) is 6.17. The van der Waals surface area contributed by atoms with E-state index < -0.39 is 15.8 Å². The molecule has 0 saturated carbocycles. The Kier molecular flexibility index (Phi) is 5.46. The van der Waals surface area contributed by atoms with Gasteiger partial charge in [-0.05, 0) is 42.5 Å². The Labute approximate surface area is 181 Å². The SMILES string of the molecule is O=S(=O)(Nc1nc2ccccc2nc1Nc1ccccc1F)c1cc(Cl)ccc1Cl. The Morgan fingerprint density at radius 2 is 1.47 bits per heavy atom. The molecule has 4 rings (SSSR count). The molecule has 0 bridgehead atoms. The summed E-state index contributed by atoms with van der Waals surface area (Å²) in [5.41, 5.74) is 1.06. The molecule has 0 radical (unpaired) electrons. The molecule has 0 fully saturated rings. The van der Waals surface area contributed by atoms with Crippen molar-refractivity contribution in [3.63, 3.8) is 0 Å². The van der Waals surface area contributed by atoms with E-state index in [1.807, 2.05) is 0 Å². The first-order chi connectivity index (χ1) is 14.3. The molecule has 0 aliphatic rings. The van der Waals surface area contributed by atoms with E-state index in [-0.39, 0.29) is 32.3 Å². The number of nitrogens with one attached hydrogen (secondary N) is 2. The van der Waals surface area contributed by atoms with Crippen molar-refractivity contribution in [3.8, 4) is 0 Å². The van der Waals surface area contributed by atoms with E-state index in [0.717, 1.165) is 0 Å². The second-order valence-corrected chi connectivity index (χ2v) is 8.69. The molecule has 0 unspecified atom stereocenters. The summed E-state index contributed by atoms with van der Waals surface area (Å²) in [7, 11) is -4.16. The van der Waals surface area contributed by atoms with E-state index in [2.05, 4.69) is 20.0 Å². The molecule has 6 nitrogen and oxygen atoms in total. The number of nitrogens with zero attached hydrogens (tertiary/aromatic N) is 2. The zero-order valence-electron chi connectivity index (χ0n) is 15.1. The summed E-state index contributed by atoms with van der Waals surface area (Å²) in [6, 6.07) is 16.9. The number of aromatic nitrogens is 2. The molecule has 0 atom stereocenters. The normalized spacial score (nSPS) is 11.4. The van der Waals surface area contributed by atoms with Gasteiger partial charge in [0.1, 0.15) is 10.7 Å². The van der Waals surface area contributed by atoms with Crippen LogP contribution in [0.4, 0.5) is 21.7 Å². The topological polar surface area (TPSA) is 84.0 Å². The van der Waals surface area contributed by atoms with Gasteiger partial charge in [-0.1, -0.05) is 47.5 Å². The monoisotopic (exact) mass is 462 g/mol. The molecular weight excluding hydrogens is 450 g/mol. The summed E-state index contributed by atoms with van der Waals surface area (Å²) in [6.45, 7) is 0. The maximum absolute atomic E-state index is 14.1. The van der Waals surface area contributed by atoms with Crippen LogP contribution in [0.3, 0.4) is 0 Å². The molecule has 152 valence electrons. The van der Waals surface area contributed by atoms with E-state index >= 15 is 0 Å². The van der Waals surface area contributed by atoms with Crippen LogP contribution in [0.5, 0.6) is 0 Å². The van der Waals surface area contributed by atoms with Crippen molar-refractivity contribution < 1.29 is 12.8 Å². The molecular formula is C20H13Cl2FN4O2S. The number of para-hydroxylation sites is 3. The lowest BCUT2D eigenvalue weighted by atomic mass is 10.3. The minimum atomic E-state index is -4.16. The highest BCUT2D eigenvalue weighted by molar-refractivity contribution is 7.92. The predicted octanol–water partition coefficient (Wildman–Crippen LogP) is 5.62. The van der Waals surface area contributed by atoms with Crippen molar-refractivity contribution >= 4 is 61.6 Å². The summed E-state index contributed by atoms with van der Waals surface area (Å²) in [5, 5.41) is 2.99. The van der Waals surface area contributed by atoms with Crippen molar-refractivity contribution in [2.75, 3.05) is 10.0 Å². The maximum Gasteiger partial charge on any atom is 0.264 e. The van der Waals surface area contributed by atoms with Crippen molar-refractivity contribution in [2.24, 2.45) is 0 Å². The van der Waals surface area contributed by atoms with Gasteiger partial charge in [0.25, 0.3) is 10.0 Å². The molecule has 30 heavy (non-hydrogen) atoms. The van der Waals surface area contributed by atoms with Crippen LogP contribution in [-0.2, 0) is 10.0 Å². The second-order valence-electron chi connectivity index (χ2n) is 6.19. The lowest BCUT2D eigenvalue weighted by Crippen LogP contribution is -2.16. The van der Waals surface area contributed by atoms with Crippen molar-refractivity contribution in [3.05, 3.63) is 82.6 Å². The van der Waals surface area contributed by atoms with Crippen molar-refractivity contribution in [1.29, 1.82) is 0 Å². The van der Waals surface area contributed by atoms with E-state index in [4.69, 9.17) is 23.2 Å². The van der Waals surface area contributed by atoms with Crippen LogP contribution in [0.2, 0.25) is 10.0 Å². The number of rotatable bonds is 5. The first kappa shape index (κ1) is 20.3. The van der Waals surface area contributed by atoms with Crippen LogP contribution in [0.25, 0.3) is 11.0 Å². The highest BCUT2D eigenvalue weighted by Gasteiger charge is 2.22. The van der Waals surface area contributed by atoms with Gasteiger partial charge in [0.05, 0.1) is 21.7 Å². The van der Waals surface area contributed by atoms with Gasteiger partial charge in [0.15, 0.2) is 11.6 Å². The predicted molar refractivity (Wildman–Crippen MR) is 116 cm³/mol. The molecule has 0 amide bonds. The molecule has 4 aromatic rings. The summed E-state index contributed by atoms with van der Waals surface area (Å²) >= 11 is 12.0. The number of anilines is 3. The first-order valence-electron chi connectivity index (χ1n) is 8.60. The molecule has 1 aromatic heterocycles. The number of hydrogen-bond acceptors (Lipinski definition) is 5. The van der Waals surface area contributed by atoms with Crippen molar-refractivity contribution in [1.82, 2.24) is 9.97 Å². The van der Waals surface area contributed by atoms with Gasteiger partial charge in [-0.15, -0.1) is 0 Å². The third-order valence-electron chi connectivity index (χ3n) is 4.11. The van der Waals surface area contributed by atoms with Gasteiger partial charge in [0.2, 0.25) is 0 Å². The summed E-state index contributed by atoms with van der Waals surface area (Å²) in [4.78, 5) is 8.53. The number of halogens is 3. The zero-order valence-corrected chi connectivity index (χ0v) is 17.4. The number of benzene rings is 3. The first-order valence-corrected chi connectivity index (χ1v) is 10.8. The Bertz CT molecular complexity index is 1370. The average molecular weight is 463 g/mol. The molecule has 0 aliphatic heterocycles. The zero-order chi connectivity index (χ0) is 21.3. The summed E-state index contributed by atoms with van der Waals surface area (Å²) in [5.74, 6) is -0.618. The van der Waals surface area contributed by atoms with E-state index in [9.17, 15) is 12.8 Å². The quantitative estimate of drug-likeness (QED) is 0.402. The minimum absolute atomic E-state index is 0.00994. The van der Waals surface area contributed by atoms with Gasteiger partial charge in [-0.3, -0.25) is 4.72 Å². The molecule has 1 heterocycles. The fraction of sp³-hybridized carbons (Fsp3) is 0. The minimum Gasteiger partial charge on any atom is -0.335 e. The molecule has 10 heteroatoms. The van der Waals surface area contributed by atoms with E-state index in [1.54, 1.807) is 30.3 Å². The van der Waals surface area contributed by atoms with Crippen LogP contribution in [0.15, 0.2) is 71.6 Å². The van der Waals surface area contributed by atoms with Crippen LogP contribution in [0.1, 0.15) is 0 Å². The Morgan fingerprint density at radius 1 is 0.833 bits per heavy atom. The lowest BCUT2D eigenvalue weighted by molar-refractivity contribution is 0.601. The average Bonchev–Trinajstić information content (AvgIpc) is 2.71. The Morgan fingerprint density at radius 3 is 2.17 bits per heavy atom. The highest BCUT2D eigenvalue weighted by Crippen LogP contribution is 2.30. The van der Waals surface area contributed by atoms with Crippen LogP contribution in [-0.4, -0.2) is 18.4 Å². The van der Waals surface area contributed by atoms with Gasteiger partial charge in [-0.2, -0.15) is 0 Å². The lowest BCUT2D eigenvalue weighted by Gasteiger charge is -2.15. The second kappa shape index (κ2) is 8.06. The fourth-order valence-electron chi connectivity index (χ4n) is 2.71. The van der Waals surface area contributed by atoms with Gasteiger partial charge in [0, 0.05) is 5.02 Å². The van der Waals surface area contributed by atoms with Gasteiger partial charge in [-0.25, -0.2) is 22.8 Å². The Hall–Kier alpha value is -2.94. The summed E-state index contributed by atoms with van der Waals surface area (Å²) in [6.07, 6.45) is 0. The molecule has 0 spiro atoms. The van der Waals surface area contributed by atoms with Crippen molar-refractivity contribution in [2.45, 2.75) is 4.90 Å².